The number of hydrogen-bond acceptors (Lipinski definition) is 4. The van der Waals surface area contributed by atoms with E-state index in [2.05, 4.69) is 12.1 Å². The largest absolute Gasteiger partial charge is 0.272 e. The maximum atomic E-state index is 13.3. The Bertz CT molecular complexity index is 956. The summed E-state index contributed by atoms with van der Waals surface area (Å²) in [6.07, 6.45) is 0.818. The summed E-state index contributed by atoms with van der Waals surface area (Å²) in [7, 11) is 0. The van der Waals surface area contributed by atoms with Gasteiger partial charge in [0, 0.05) is 17.9 Å². The highest BCUT2D eigenvalue weighted by molar-refractivity contribution is 7.99. The van der Waals surface area contributed by atoms with E-state index >= 15 is 0 Å². The molecule has 0 atom stereocenters. The summed E-state index contributed by atoms with van der Waals surface area (Å²) in [4.78, 5) is 18.4. The summed E-state index contributed by atoms with van der Waals surface area (Å²) in [5.41, 5.74) is 2.63. The molecule has 3 nitrogen and oxygen atoms in total. The summed E-state index contributed by atoms with van der Waals surface area (Å²) in [5.74, 6) is 1.28. The Hall–Kier alpha value is -2.05. The molecule has 126 valence electrons. The van der Waals surface area contributed by atoms with Crippen LogP contribution in [0.1, 0.15) is 11.3 Å². The average molecular weight is 370 g/mol. The molecule has 6 heteroatoms. The highest BCUT2D eigenvalue weighted by Gasteiger charge is 2.22. The fourth-order valence-electron chi connectivity index (χ4n) is 2.73. The monoisotopic (exact) mass is 370 g/mol. The van der Waals surface area contributed by atoms with Crippen molar-refractivity contribution in [2.24, 2.45) is 0 Å². The lowest BCUT2D eigenvalue weighted by Crippen LogP contribution is -2.23. The van der Waals surface area contributed by atoms with Gasteiger partial charge >= 0.3 is 0 Å². The van der Waals surface area contributed by atoms with E-state index in [0.717, 1.165) is 23.6 Å². The Balaban J connectivity index is 1.77. The van der Waals surface area contributed by atoms with E-state index in [4.69, 9.17) is 4.98 Å². The molecule has 0 bridgehead atoms. The van der Waals surface area contributed by atoms with Gasteiger partial charge in [-0.1, -0.05) is 42.1 Å². The predicted molar refractivity (Wildman–Crippen MR) is 100 cm³/mol. The Labute approximate surface area is 153 Å². The summed E-state index contributed by atoms with van der Waals surface area (Å²) in [6.45, 7) is 0. The van der Waals surface area contributed by atoms with Crippen molar-refractivity contribution in [2.75, 3.05) is 5.75 Å². The number of aromatic nitrogens is 2. The average Bonchev–Trinajstić information content (AvgIpc) is 3.11. The molecule has 4 rings (SSSR count). The quantitative estimate of drug-likeness (QED) is 0.506. The van der Waals surface area contributed by atoms with Crippen molar-refractivity contribution in [3.8, 4) is 5.69 Å². The lowest BCUT2D eigenvalue weighted by molar-refractivity contribution is 0.626. The number of fused-ring (bicyclic) bond motifs is 1. The second-order valence-electron chi connectivity index (χ2n) is 5.66. The van der Waals surface area contributed by atoms with Gasteiger partial charge in [0.2, 0.25) is 0 Å². The minimum absolute atomic E-state index is 0.0605. The second-order valence-corrected chi connectivity index (χ2v) is 7.71. The van der Waals surface area contributed by atoms with Crippen LogP contribution in [0.5, 0.6) is 0 Å². The predicted octanol–water partition coefficient (Wildman–Crippen LogP) is 4.31. The maximum absolute atomic E-state index is 13.3. The first kappa shape index (κ1) is 16.4. The van der Waals surface area contributed by atoms with E-state index in [-0.39, 0.29) is 11.4 Å². The molecule has 0 saturated carbocycles. The molecule has 0 saturated heterocycles. The molecule has 2 aromatic carbocycles. The van der Waals surface area contributed by atoms with Crippen LogP contribution in [0.3, 0.4) is 0 Å². The van der Waals surface area contributed by atoms with E-state index in [9.17, 15) is 9.18 Å². The summed E-state index contributed by atoms with van der Waals surface area (Å²) in [6, 6.07) is 16.1. The van der Waals surface area contributed by atoms with Crippen molar-refractivity contribution in [3.63, 3.8) is 0 Å². The van der Waals surface area contributed by atoms with Crippen LogP contribution in [0.4, 0.5) is 4.39 Å². The molecule has 1 aliphatic rings. The zero-order valence-corrected chi connectivity index (χ0v) is 14.9. The van der Waals surface area contributed by atoms with E-state index in [1.165, 1.54) is 29.5 Å². The fourth-order valence-corrected chi connectivity index (χ4v) is 4.74. The van der Waals surface area contributed by atoms with Crippen LogP contribution >= 0.6 is 23.5 Å². The Morgan fingerprint density at radius 2 is 1.88 bits per heavy atom. The van der Waals surface area contributed by atoms with Crippen LogP contribution in [-0.4, -0.2) is 15.3 Å². The van der Waals surface area contributed by atoms with Gasteiger partial charge in [-0.25, -0.2) is 9.37 Å². The topological polar surface area (TPSA) is 34.9 Å². The molecular weight excluding hydrogens is 355 g/mol. The molecule has 0 unspecified atom stereocenters. The van der Waals surface area contributed by atoms with Gasteiger partial charge in [-0.3, -0.25) is 9.36 Å². The number of thioether (sulfide) groups is 2. The summed E-state index contributed by atoms with van der Waals surface area (Å²) in [5, 5.41) is 0.654. The second kappa shape index (κ2) is 7.06. The van der Waals surface area contributed by atoms with Crippen LogP contribution in [0.2, 0.25) is 0 Å². The minimum Gasteiger partial charge on any atom is -0.268 e. The van der Waals surface area contributed by atoms with Gasteiger partial charge in [-0.15, -0.1) is 11.8 Å². The number of aryl methyl sites for hydroxylation is 1. The lowest BCUT2D eigenvalue weighted by Gasteiger charge is -2.13. The van der Waals surface area contributed by atoms with E-state index < -0.39 is 0 Å². The van der Waals surface area contributed by atoms with Gasteiger partial charge in [0.25, 0.3) is 5.56 Å². The molecule has 1 aromatic heterocycles. The molecule has 0 spiro atoms. The first-order chi connectivity index (χ1) is 12.2. The Kier molecular flexibility index (Phi) is 4.63. The normalized spacial score (nSPS) is 13.0. The van der Waals surface area contributed by atoms with Gasteiger partial charge in [0.1, 0.15) is 5.82 Å². The van der Waals surface area contributed by atoms with Crippen molar-refractivity contribution in [2.45, 2.75) is 22.2 Å². The van der Waals surface area contributed by atoms with Gasteiger partial charge in [-0.05, 0) is 29.8 Å². The van der Waals surface area contributed by atoms with Crippen LogP contribution in [0, 0.1) is 5.82 Å². The Morgan fingerprint density at radius 3 is 2.64 bits per heavy atom. The van der Waals surface area contributed by atoms with Crippen molar-refractivity contribution in [3.05, 3.63) is 82.0 Å². The highest BCUT2D eigenvalue weighted by atomic mass is 32.2. The molecule has 0 amide bonds. The number of nitrogens with zero attached hydrogens (tertiary/aromatic N) is 2. The Morgan fingerprint density at radius 1 is 1.12 bits per heavy atom. The van der Waals surface area contributed by atoms with Crippen LogP contribution < -0.4 is 5.56 Å². The molecule has 0 aliphatic carbocycles. The van der Waals surface area contributed by atoms with Crippen LogP contribution in [0.15, 0.2) is 69.4 Å². The molecule has 1 aliphatic heterocycles. The summed E-state index contributed by atoms with van der Waals surface area (Å²) < 4.78 is 14.9. The van der Waals surface area contributed by atoms with Gasteiger partial charge in [0.05, 0.1) is 16.3 Å². The number of halogens is 1. The highest BCUT2D eigenvalue weighted by Crippen LogP contribution is 2.31. The molecule has 3 aromatic rings. The lowest BCUT2D eigenvalue weighted by atomic mass is 10.2. The SMILES string of the molecule is O=c1c2c(nc(SCc3ccccc3)n1-c1ccc(F)cc1)CCS2. The van der Waals surface area contributed by atoms with Gasteiger partial charge < -0.3 is 0 Å². The molecule has 0 N–H and O–H groups in total. The first-order valence-corrected chi connectivity index (χ1v) is 9.91. The van der Waals surface area contributed by atoms with Gasteiger partial charge in [0.15, 0.2) is 5.16 Å². The molecular formula is C19H15FN2OS2. The number of benzene rings is 2. The van der Waals surface area contributed by atoms with Crippen LogP contribution in [0.25, 0.3) is 5.69 Å². The van der Waals surface area contributed by atoms with Crippen molar-refractivity contribution in [1.29, 1.82) is 0 Å². The zero-order chi connectivity index (χ0) is 17.2. The molecule has 2 heterocycles. The minimum atomic E-state index is -0.321. The smallest absolute Gasteiger partial charge is 0.268 e. The fraction of sp³-hybridized carbons (Fsp3) is 0.158. The third-order valence-corrected chi connectivity index (χ3v) is 6.08. The van der Waals surface area contributed by atoms with Crippen molar-refractivity contribution < 1.29 is 4.39 Å². The number of hydrogen-bond donors (Lipinski definition) is 0. The maximum Gasteiger partial charge on any atom is 0.272 e. The molecule has 0 fully saturated rings. The molecule has 0 radical (unpaired) electrons. The third-order valence-electron chi connectivity index (χ3n) is 3.96. The van der Waals surface area contributed by atoms with Crippen molar-refractivity contribution in [1.82, 2.24) is 9.55 Å². The third kappa shape index (κ3) is 3.37. The summed E-state index contributed by atoms with van der Waals surface area (Å²) >= 11 is 3.08. The zero-order valence-electron chi connectivity index (χ0n) is 13.3. The van der Waals surface area contributed by atoms with Gasteiger partial charge in [-0.2, -0.15) is 0 Å². The van der Waals surface area contributed by atoms with E-state index in [1.54, 1.807) is 28.5 Å². The van der Waals surface area contributed by atoms with Crippen LogP contribution in [-0.2, 0) is 12.2 Å². The number of rotatable bonds is 4. The standard InChI is InChI=1S/C19H15FN2OS2/c20-14-6-8-15(9-7-14)22-18(23)17-16(10-11-24-17)21-19(22)25-12-13-4-2-1-3-5-13/h1-9H,10-12H2. The van der Waals surface area contributed by atoms with E-state index in [0.29, 0.717) is 15.7 Å². The van der Waals surface area contributed by atoms with Crippen molar-refractivity contribution >= 4 is 23.5 Å². The van der Waals surface area contributed by atoms with E-state index in [1.807, 2.05) is 18.2 Å². The first-order valence-electron chi connectivity index (χ1n) is 7.94. The molecule has 25 heavy (non-hydrogen) atoms.